The average molecular weight is 317 g/mol. The van der Waals surface area contributed by atoms with Gasteiger partial charge in [0.2, 0.25) is 5.91 Å². The lowest BCUT2D eigenvalue weighted by molar-refractivity contribution is -0.137. The Labute approximate surface area is 121 Å². The van der Waals surface area contributed by atoms with E-state index >= 15 is 0 Å². The van der Waals surface area contributed by atoms with Crippen molar-refractivity contribution < 1.29 is 22.4 Å². The van der Waals surface area contributed by atoms with Crippen LogP contribution in [0.3, 0.4) is 0 Å². The Morgan fingerprint density at radius 3 is 2.64 bits per heavy atom. The maximum absolute atomic E-state index is 13.5. The number of nitrogens with two attached hydrogens (primary N) is 1. The summed E-state index contributed by atoms with van der Waals surface area (Å²) in [6, 6.07) is 0.402. The lowest BCUT2D eigenvalue weighted by Gasteiger charge is -2.13. The van der Waals surface area contributed by atoms with E-state index in [-0.39, 0.29) is 5.69 Å². The number of carbonyl (C=O) groups excluding carboxylic acids is 1. The fourth-order valence-corrected chi connectivity index (χ4v) is 1.65. The molecule has 0 saturated carbocycles. The van der Waals surface area contributed by atoms with Crippen molar-refractivity contribution in [1.82, 2.24) is 15.0 Å². The van der Waals surface area contributed by atoms with Crippen LogP contribution in [0.2, 0.25) is 0 Å². The van der Waals surface area contributed by atoms with Crippen LogP contribution >= 0.6 is 0 Å². The third-order valence-electron chi connectivity index (χ3n) is 2.77. The molecule has 0 aliphatic carbocycles. The van der Waals surface area contributed by atoms with E-state index in [0.717, 1.165) is 0 Å². The Morgan fingerprint density at radius 2 is 2.09 bits per heavy atom. The highest BCUT2D eigenvalue weighted by Crippen LogP contribution is 2.32. The molecule has 0 bridgehead atoms. The topological polar surface area (TPSA) is 85.8 Å². The lowest BCUT2D eigenvalue weighted by atomic mass is 10.1. The smallest absolute Gasteiger partial charge is 0.322 e. The summed E-state index contributed by atoms with van der Waals surface area (Å²) in [5.41, 5.74) is 4.01. The number of hydrogen-bond acceptors (Lipinski definition) is 4. The number of alkyl halides is 3. The van der Waals surface area contributed by atoms with E-state index in [9.17, 15) is 22.4 Å². The number of hydrogen-bond donors (Lipinski definition) is 2. The minimum Gasteiger partial charge on any atom is -0.322 e. The molecule has 2 rings (SSSR count). The number of halogens is 4. The molecule has 0 aliphatic heterocycles. The molecule has 0 saturated heterocycles. The van der Waals surface area contributed by atoms with Gasteiger partial charge in [0.15, 0.2) is 0 Å². The second kappa shape index (κ2) is 5.72. The molecule has 1 atom stereocenters. The van der Waals surface area contributed by atoms with Crippen molar-refractivity contribution in [1.29, 1.82) is 0 Å². The summed E-state index contributed by atoms with van der Waals surface area (Å²) in [5.74, 6) is -1.91. The summed E-state index contributed by atoms with van der Waals surface area (Å²) in [7, 11) is 1.55. The monoisotopic (exact) mass is 317 g/mol. The number of aryl methyl sites for hydroxylation is 1. The Bertz CT molecular complexity index is 697. The summed E-state index contributed by atoms with van der Waals surface area (Å²) in [5, 5.41) is 9.20. The van der Waals surface area contributed by atoms with Crippen molar-refractivity contribution >= 4 is 11.6 Å². The van der Waals surface area contributed by atoms with Gasteiger partial charge in [-0.3, -0.25) is 9.48 Å². The molecule has 10 heteroatoms. The highest BCUT2D eigenvalue weighted by atomic mass is 19.4. The number of benzene rings is 1. The number of nitrogens with zero attached hydrogens (tertiary/aromatic N) is 3. The zero-order valence-electron chi connectivity index (χ0n) is 11.2. The van der Waals surface area contributed by atoms with E-state index in [0.29, 0.717) is 18.2 Å². The summed E-state index contributed by atoms with van der Waals surface area (Å²) in [6.07, 6.45) is -3.28. The molecule has 0 aliphatic rings. The molecule has 6 nitrogen and oxygen atoms in total. The second-order valence-electron chi connectivity index (χ2n) is 4.48. The molecule has 2 aromatic rings. The van der Waals surface area contributed by atoms with Crippen LogP contribution in [0, 0.1) is 5.82 Å². The van der Waals surface area contributed by atoms with Crippen molar-refractivity contribution in [3.05, 3.63) is 41.5 Å². The molecule has 0 fully saturated rings. The third kappa shape index (κ3) is 3.39. The standard InChI is InChI=1S/C12H11F4N5O/c1-21-5-9(19-20-21)10(17)11(22)18-8-4-6(12(14,15)16)2-3-7(8)13/h2-5,10H,17H2,1H3,(H,18,22). The van der Waals surface area contributed by atoms with Crippen LogP contribution < -0.4 is 11.1 Å². The van der Waals surface area contributed by atoms with Gasteiger partial charge in [-0.25, -0.2) is 4.39 Å². The predicted molar refractivity (Wildman–Crippen MR) is 68.0 cm³/mol. The average Bonchev–Trinajstić information content (AvgIpc) is 2.85. The molecule has 1 aromatic carbocycles. The first-order valence-electron chi connectivity index (χ1n) is 5.98. The largest absolute Gasteiger partial charge is 0.416 e. The summed E-state index contributed by atoms with van der Waals surface area (Å²) < 4.78 is 52.6. The predicted octanol–water partition coefficient (Wildman–Crippen LogP) is 1.61. The fraction of sp³-hybridized carbons (Fsp3) is 0.250. The van der Waals surface area contributed by atoms with Gasteiger partial charge >= 0.3 is 6.18 Å². The fourth-order valence-electron chi connectivity index (χ4n) is 1.65. The summed E-state index contributed by atoms with van der Waals surface area (Å²) >= 11 is 0. The highest BCUT2D eigenvalue weighted by molar-refractivity contribution is 5.95. The molecule has 22 heavy (non-hydrogen) atoms. The summed E-state index contributed by atoms with van der Waals surface area (Å²) in [4.78, 5) is 11.9. The number of anilines is 1. The van der Waals surface area contributed by atoms with Crippen LogP contribution in [-0.4, -0.2) is 20.9 Å². The van der Waals surface area contributed by atoms with Crippen molar-refractivity contribution in [2.45, 2.75) is 12.2 Å². The van der Waals surface area contributed by atoms with Gasteiger partial charge in [0, 0.05) is 7.05 Å². The van der Waals surface area contributed by atoms with Gasteiger partial charge < -0.3 is 11.1 Å². The maximum atomic E-state index is 13.5. The zero-order valence-corrected chi connectivity index (χ0v) is 11.2. The van der Waals surface area contributed by atoms with E-state index in [4.69, 9.17) is 5.73 Å². The highest BCUT2D eigenvalue weighted by Gasteiger charge is 2.31. The van der Waals surface area contributed by atoms with E-state index in [1.807, 2.05) is 5.32 Å². The van der Waals surface area contributed by atoms with E-state index in [1.54, 1.807) is 7.05 Å². The normalized spacial score (nSPS) is 13.0. The number of nitrogens with one attached hydrogen (secondary N) is 1. The molecule has 0 spiro atoms. The molecule has 0 radical (unpaired) electrons. The quantitative estimate of drug-likeness (QED) is 0.842. The number of rotatable bonds is 3. The minimum atomic E-state index is -4.65. The van der Waals surface area contributed by atoms with Gasteiger partial charge in [-0.05, 0) is 18.2 Å². The van der Waals surface area contributed by atoms with Crippen molar-refractivity contribution in [3.63, 3.8) is 0 Å². The van der Waals surface area contributed by atoms with Crippen LogP contribution in [0.15, 0.2) is 24.4 Å². The first-order valence-corrected chi connectivity index (χ1v) is 5.98. The molecule has 3 N–H and O–H groups in total. The lowest BCUT2D eigenvalue weighted by Crippen LogP contribution is -2.28. The van der Waals surface area contributed by atoms with E-state index in [1.165, 1.54) is 10.9 Å². The molecule has 1 aromatic heterocycles. The van der Waals surface area contributed by atoms with Crippen molar-refractivity contribution in [3.8, 4) is 0 Å². The van der Waals surface area contributed by atoms with Gasteiger partial charge in [-0.2, -0.15) is 13.2 Å². The Kier molecular flexibility index (Phi) is 4.13. The maximum Gasteiger partial charge on any atom is 0.416 e. The Balaban J connectivity index is 2.21. The minimum absolute atomic E-state index is 0.104. The number of carbonyl (C=O) groups is 1. The molecule has 1 amide bonds. The van der Waals surface area contributed by atoms with Crippen LogP contribution in [0.25, 0.3) is 0 Å². The molecule has 1 heterocycles. The van der Waals surface area contributed by atoms with Crippen LogP contribution in [0.4, 0.5) is 23.2 Å². The molecular weight excluding hydrogens is 306 g/mol. The third-order valence-corrected chi connectivity index (χ3v) is 2.77. The van der Waals surface area contributed by atoms with Crippen LogP contribution in [0.1, 0.15) is 17.3 Å². The second-order valence-corrected chi connectivity index (χ2v) is 4.48. The Morgan fingerprint density at radius 1 is 1.41 bits per heavy atom. The molecular formula is C12H11F4N5O. The van der Waals surface area contributed by atoms with Gasteiger partial charge in [-0.1, -0.05) is 5.21 Å². The zero-order chi connectivity index (χ0) is 16.5. The van der Waals surface area contributed by atoms with E-state index < -0.39 is 35.2 Å². The van der Waals surface area contributed by atoms with Crippen molar-refractivity contribution in [2.24, 2.45) is 12.8 Å². The molecule has 118 valence electrons. The van der Waals surface area contributed by atoms with Crippen molar-refractivity contribution in [2.75, 3.05) is 5.32 Å². The molecule has 1 unspecified atom stereocenters. The number of aromatic nitrogens is 3. The van der Waals surface area contributed by atoms with Crippen LogP contribution in [0.5, 0.6) is 0 Å². The van der Waals surface area contributed by atoms with Gasteiger partial charge in [0.1, 0.15) is 17.6 Å². The Hall–Kier alpha value is -2.49. The van der Waals surface area contributed by atoms with E-state index in [2.05, 4.69) is 10.3 Å². The summed E-state index contributed by atoms with van der Waals surface area (Å²) in [6.45, 7) is 0. The van der Waals surface area contributed by atoms with Gasteiger partial charge in [-0.15, -0.1) is 5.10 Å². The first kappa shape index (κ1) is 15.9. The SMILES string of the molecule is Cn1cc(C(N)C(=O)Nc2cc(C(F)(F)F)ccc2F)nn1. The van der Waals surface area contributed by atoms with Crippen LogP contribution in [-0.2, 0) is 18.0 Å². The van der Waals surface area contributed by atoms with Gasteiger partial charge in [0.25, 0.3) is 0 Å². The van der Waals surface area contributed by atoms with Gasteiger partial charge in [0.05, 0.1) is 17.4 Å². The first-order chi connectivity index (χ1) is 10.2. The number of amides is 1.